The van der Waals surface area contributed by atoms with Crippen LogP contribution in [0.2, 0.25) is 0 Å². The van der Waals surface area contributed by atoms with Crippen molar-refractivity contribution in [3.8, 4) is 11.8 Å². The van der Waals surface area contributed by atoms with E-state index in [4.69, 9.17) is 10.00 Å². The number of nitrogens with zero attached hydrogens (tertiary/aromatic N) is 2. The first kappa shape index (κ1) is 18.8. The highest BCUT2D eigenvalue weighted by Crippen LogP contribution is 2.47. The number of amides is 1. The van der Waals surface area contributed by atoms with Gasteiger partial charge >= 0.3 is 0 Å². The van der Waals surface area contributed by atoms with E-state index >= 15 is 0 Å². The van der Waals surface area contributed by atoms with Gasteiger partial charge in [-0.15, -0.1) is 0 Å². The summed E-state index contributed by atoms with van der Waals surface area (Å²) in [7, 11) is 1.62. The number of aromatic amines is 1. The van der Waals surface area contributed by atoms with E-state index in [0.29, 0.717) is 29.6 Å². The molecular formula is C23H22N4O2. The molecule has 2 aromatic carbocycles. The zero-order valence-corrected chi connectivity index (χ0v) is 16.2. The zero-order valence-electron chi connectivity index (χ0n) is 16.2. The number of aromatic nitrogens is 2. The van der Waals surface area contributed by atoms with E-state index in [-0.39, 0.29) is 5.91 Å². The molecule has 1 aliphatic carbocycles. The van der Waals surface area contributed by atoms with Gasteiger partial charge in [-0.1, -0.05) is 24.3 Å². The van der Waals surface area contributed by atoms with Gasteiger partial charge in [-0.25, -0.2) is 0 Å². The van der Waals surface area contributed by atoms with Crippen LogP contribution in [0.3, 0.4) is 0 Å². The highest BCUT2D eigenvalue weighted by Gasteiger charge is 2.33. The normalized spacial score (nSPS) is 17.8. The van der Waals surface area contributed by atoms with Gasteiger partial charge in [0.1, 0.15) is 11.6 Å². The van der Waals surface area contributed by atoms with E-state index in [2.05, 4.69) is 21.6 Å². The predicted molar refractivity (Wildman–Crippen MR) is 110 cm³/mol. The average molecular weight is 386 g/mol. The number of rotatable bonds is 6. The number of methoxy groups -OCH3 is 1. The van der Waals surface area contributed by atoms with Crippen molar-refractivity contribution < 1.29 is 9.53 Å². The molecule has 3 aromatic rings. The Morgan fingerprint density at radius 3 is 2.55 bits per heavy atom. The average Bonchev–Trinajstić information content (AvgIpc) is 3.15. The van der Waals surface area contributed by atoms with E-state index in [0.717, 1.165) is 29.8 Å². The van der Waals surface area contributed by atoms with Gasteiger partial charge in [0.2, 0.25) is 5.91 Å². The molecule has 1 heterocycles. The lowest BCUT2D eigenvalue weighted by Crippen LogP contribution is -2.20. The summed E-state index contributed by atoms with van der Waals surface area (Å²) in [5.41, 5.74) is 3.86. The Bertz CT molecular complexity index is 1030. The van der Waals surface area contributed by atoms with Crippen LogP contribution in [0.15, 0.2) is 54.6 Å². The Morgan fingerprint density at radius 2 is 1.90 bits per heavy atom. The maximum absolute atomic E-state index is 12.3. The summed E-state index contributed by atoms with van der Waals surface area (Å²) in [6.45, 7) is 0. The number of nitrogens with one attached hydrogen (secondary N) is 2. The summed E-state index contributed by atoms with van der Waals surface area (Å²) in [6, 6.07) is 19.3. The third-order valence-corrected chi connectivity index (χ3v) is 5.46. The molecule has 0 atom stereocenters. The standard InChI is InChI=1S/C23H22N4O2/c1-29-20-8-4-15(5-9-20)10-23(28)25-22-13-21(26-27-22)19-11-18(12-19)17-6-2-16(14-24)3-7-17/h2-9,13,18-19H,10-12H2,1H3,(H2,25,26,27,28). The number of ether oxygens (including phenoxy) is 1. The fraction of sp³-hybridized carbons (Fsp3) is 0.261. The number of benzene rings is 2. The molecule has 0 saturated heterocycles. The maximum atomic E-state index is 12.3. The summed E-state index contributed by atoms with van der Waals surface area (Å²) < 4.78 is 5.13. The third kappa shape index (κ3) is 4.30. The molecule has 1 amide bonds. The number of nitriles is 1. The first-order chi connectivity index (χ1) is 14.1. The first-order valence-corrected chi connectivity index (χ1v) is 9.62. The molecule has 0 aliphatic heterocycles. The molecule has 6 nitrogen and oxygen atoms in total. The van der Waals surface area contributed by atoms with Crippen molar-refractivity contribution in [2.24, 2.45) is 0 Å². The highest BCUT2D eigenvalue weighted by atomic mass is 16.5. The molecule has 0 bridgehead atoms. The lowest BCUT2D eigenvalue weighted by atomic mass is 9.70. The van der Waals surface area contributed by atoms with Crippen molar-refractivity contribution in [2.75, 3.05) is 12.4 Å². The molecule has 146 valence electrons. The minimum Gasteiger partial charge on any atom is -0.497 e. The molecule has 1 aromatic heterocycles. The number of hydrogen-bond donors (Lipinski definition) is 2. The molecule has 4 rings (SSSR count). The summed E-state index contributed by atoms with van der Waals surface area (Å²) in [5.74, 6) is 2.19. The van der Waals surface area contributed by atoms with E-state index in [1.807, 2.05) is 54.6 Å². The zero-order chi connectivity index (χ0) is 20.2. The van der Waals surface area contributed by atoms with Crippen molar-refractivity contribution in [3.05, 3.63) is 77.0 Å². The number of H-pyrrole nitrogens is 1. The van der Waals surface area contributed by atoms with Gasteiger partial charge in [-0.05, 0) is 54.2 Å². The largest absolute Gasteiger partial charge is 0.497 e. The van der Waals surface area contributed by atoms with Crippen LogP contribution in [0.1, 0.15) is 47.1 Å². The molecule has 1 fully saturated rings. The molecule has 0 radical (unpaired) electrons. The molecule has 29 heavy (non-hydrogen) atoms. The van der Waals surface area contributed by atoms with Crippen molar-refractivity contribution in [2.45, 2.75) is 31.1 Å². The molecule has 2 N–H and O–H groups in total. The van der Waals surface area contributed by atoms with E-state index in [1.165, 1.54) is 5.56 Å². The third-order valence-electron chi connectivity index (χ3n) is 5.46. The Morgan fingerprint density at radius 1 is 1.17 bits per heavy atom. The number of hydrogen-bond acceptors (Lipinski definition) is 4. The van der Waals surface area contributed by atoms with Crippen LogP contribution >= 0.6 is 0 Å². The fourth-order valence-corrected chi connectivity index (χ4v) is 3.69. The number of carbonyl (C=O) groups is 1. The van der Waals surface area contributed by atoms with Gasteiger partial charge in [0.15, 0.2) is 0 Å². The van der Waals surface area contributed by atoms with Crippen molar-refractivity contribution in [1.29, 1.82) is 5.26 Å². The van der Waals surface area contributed by atoms with E-state index in [1.54, 1.807) is 7.11 Å². The minimum absolute atomic E-state index is 0.0885. The minimum atomic E-state index is -0.0885. The number of anilines is 1. The molecule has 0 spiro atoms. The topological polar surface area (TPSA) is 90.8 Å². The highest BCUT2D eigenvalue weighted by molar-refractivity contribution is 5.91. The molecule has 1 aliphatic rings. The van der Waals surface area contributed by atoms with Gasteiger partial charge in [-0.3, -0.25) is 9.89 Å². The summed E-state index contributed by atoms with van der Waals surface area (Å²) in [6.07, 6.45) is 2.34. The van der Waals surface area contributed by atoms with Crippen molar-refractivity contribution in [1.82, 2.24) is 10.2 Å². The maximum Gasteiger partial charge on any atom is 0.229 e. The Balaban J connectivity index is 1.29. The Hall–Kier alpha value is -3.59. The fourth-order valence-electron chi connectivity index (χ4n) is 3.69. The first-order valence-electron chi connectivity index (χ1n) is 9.62. The van der Waals surface area contributed by atoms with Crippen LogP contribution in [-0.2, 0) is 11.2 Å². The lowest BCUT2D eigenvalue weighted by Gasteiger charge is -2.34. The van der Waals surface area contributed by atoms with Gasteiger partial charge in [0.05, 0.1) is 30.9 Å². The van der Waals surface area contributed by atoms with Gasteiger partial charge in [-0.2, -0.15) is 10.4 Å². The van der Waals surface area contributed by atoms with Gasteiger partial charge in [0, 0.05) is 12.0 Å². The smallest absolute Gasteiger partial charge is 0.229 e. The quantitative estimate of drug-likeness (QED) is 0.666. The van der Waals surface area contributed by atoms with Crippen LogP contribution in [0, 0.1) is 11.3 Å². The van der Waals surface area contributed by atoms with Crippen LogP contribution in [0.5, 0.6) is 5.75 Å². The second-order valence-corrected chi connectivity index (χ2v) is 7.38. The molecule has 6 heteroatoms. The van der Waals surface area contributed by atoms with Crippen LogP contribution in [0.4, 0.5) is 5.82 Å². The SMILES string of the molecule is COc1ccc(CC(=O)Nc2cc(C3CC(c4ccc(C#N)cc4)C3)n[nH]2)cc1. The van der Waals surface area contributed by atoms with Gasteiger partial charge < -0.3 is 10.1 Å². The Kier molecular flexibility index (Phi) is 5.30. The summed E-state index contributed by atoms with van der Waals surface area (Å²) in [5, 5.41) is 19.1. The molecular weight excluding hydrogens is 364 g/mol. The van der Waals surface area contributed by atoms with Crippen LogP contribution < -0.4 is 10.1 Å². The molecule has 1 saturated carbocycles. The monoisotopic (exact) mass is 386 g/mol. The van der Waals surface area contributed by atoms with Crippen LogP contribution in [-0.4, -0.2) is 23.2 Å². The van der Waals surface area contributed by atoms with E-state index < -0.39 is 0 Å². The van der Waals surface area contributed by atoms with Crippen molar-refractivity contribution in [3.63, 3.8) is 0 Å². The second-order valence-electron chi connectivity index (χ2n) is 7.38. The van der Waals surface area contributed by atoms with Gasteiger partial charge in [0.25, 0.3) is 0 Å². The lowest BCUT2D eigenvalue weighted by molar-refractivity contribution is -0.115. The summed E-state index contributed by atoms with van der Waals surface area (Å²) in [4.78, 5) is 12.3. The van der Waals surface area contributed by atoms with Crippen LogP contribution in [0.25, 0.3) is 0 Å². The molecule has 0 unspecified atom stereocenters. The summed E-state index contributed by atoms with van der Waals surface area (Å²) >= 11 is 0. The Labute approximate surface area is 169 Å². The van der Waals surface area contributed by atoms with E-state index in [9.17, 15) is 4.79 Å². The number of carbonyl (C=O) groups excluding carboxylic acids is 1. The predicted octanol–water partition coefficient (Wildman–Crippen LogP) is 4.13. The van der Waals surface area contributed by atoms with Crippen molar-refractivity contribution >= 4 is 11.7 Å². The second kappa shape index (κ2) is 8.19.